The Kier molecular flexibility index (Phi) is 5.65. The molecule has 0 saturated heterocycles. The zero-order valence-corrected chi connectivity index (χ0v) is 10.5. The molecule has 4 nitrogen and oxygen atoms in total. The van der Waals surface area contributed by atoms with Crippen LogP contribution in [-0.4, -0.2) is 36.7 Å². The van der Waals surface area contributed by atoms with Crippen molar-refractivity contribution in [3.05, 3.63) is 0 Å². The molecular formula is C11H24N2O2. The van der Waals surface area contributed by atoms with Gasteiger partial charge in [0.25, 0.3) is 0 Å². The Morgan fingerprint density at radius 1 is 1.53 bits per heavy atom. The van der Waals surface area contributed by atoms with E-state index in [-0.39, 0.29) is 11.6 Å². The molecule has 0 aromatic carbocycles. The number of likely N-dealkylation sites (N-methyl/N-ethyl adjacent to an activating group) is 1. The summed E-state index contributed by atoms with van der Waals surface area (Å²) in [6.07, 6.45) is 0.523. The van der Waals surface area contributed by atoms with Crippen molar-refractivity contribution in [2.45, 2.75) is 39.7 Å². The van der Waals surface area contributed by atoms with Gasteiger partial charge in [0.15, 0.2) is 0 Å². The van der Waals surface area contributed by atoms with Gasteiger partial charge in [0.05, 0.1) is 12.1 Å². The van der Waals surface area contributed by atoms with Crippen LogP contribution in [0.5, 0.6) is 0 Å². The van der Waals surface area contributed by atoms with Crippen LogP contribution in [0, 0.1) is 5.92 Å². The number of rotatable bonds is 5. The third-order valence-corrected chi connectivity index (χ3v) is 2.83. The largest absolute Gasteiger partial charge is 0.449 e. The second-order valence-corrected chi connectivity index (χ2v) is 4.58. The minimum atomic E-state index is -0.311. The lowest BCUT2D eigenvalue weighted by molar-refractivity contribution is 0.0633. The number of nitrogens with zero attached hydrogens (tertiary/aromatic N) is 1. The standard InChI is InChI=1S/C11H24N2O2/c1-6-11(4,8-12)13(5)10(14)15-7-9(2)3/h9H,6-8,12H2,1-5H3. The second-order valence-electron chi connectivity index (χ2n) is 4.58. The number of carbonyl (C=O) groups is 1. The molecule has 0 aromatic heterocycles. The Balaban J connectivity index is 4.29. The molecular weight excluding hydrogens is 192 g/mol. The highest BCUT2D eigenvalue weighted by molar-refractivity contribution is 5.68. The van der Waals surface area contributed by atoms with Gasteiger partial charge in [-0.05, 0) is 19.3 Å². The monoisotopic (exact) mass is 216 g/mol. The lowest BCUT2D eigenvalue weighted by Gasteiger charge is -2.36. The normalized spacial score (nSPS) is 14.9. The third kappa shape index (κ3) is 4.08. The van der Waals surface area contributed by atoms with Crippen LogP contribution >= 0.6 is 0 Å². The summed E-state index contributed by atoms with van der Waals surface area (Å²) in [5.74, 6) is 0.355. The van der Waals surface area contributed by atoms with Gasteiger partial charge in [-0.3, -0.25) is 0 Å². The van der Waals surface area contributed by atoms with Crippen LogP contribution in [0.4, 0.5) is 4.79 Å². The zero-order chi connectivity index (χ0) is 12.1. The van der Waals surface area contributed by atoms with Crippen LogP contribution in [0.15, 0.2) is 0 Å². The number of amides is 1. The van der Waals surface area contributed by atoms with E-state index in [0.29, 0.717) is 19.1 Å². The van der Waals surface area contributed by atoms with Gasteiger partial charge in [0.1, 0.15) is 0 Å². The first-order valence-corrected chi connectivity index (χ1v) is 5.48. The second kappa shape index (κ2) is 5.95. The third-order valence-electron chi connectivity index (χ3n) is 2.83. The summed E-state index contributed by atoms with van der Waals surface area (Å²) in [4.78, 5) is 13.3. The van der Waals surface area contributed by atoms with E-state index in [1.54, 1.807) is 11.9 Å². The Hall–Kier alpha value is -0.770. The highest BCUT2D eigenvalue weighted by atomic mass is 16.6. The van der Waals surface area contributed by atoms with Crippen LogP contribution in [0.1, 0.15) is 34.1 Å². The van der Waals surface area contributed by atoms with E-state index in [4.69, 9.17) is 10.5 Å². The topological polar surface area (TPSA) is 55.6 Å². The average molecular weight is 216 g/mol. The van der Waals surface area contributed by atoms with Gasteiger partial charge >= 0.3 is 6.09 Å². The molecule has 90 valence electrons. The van der Waals surface area contributed by atoms with E-state index in [9.17, 15) is 4.79 Å². The van der Waals surface area contributed by atoms with Gasteiger partial charge < -0.3 is 15.4 Å². The van der Waals surface area contributed by atoms with Crippen molar-refractivity contribution in [3.8, 4) is 0 Å². The molecule has 4 heteroatoms. The molecule has 2 N–H and O–H groups in total. The van der Waals surface area contributed by atoms with Crippen LogP contribution in [-0.2, 0) is 4.74 Å². The number of ether oxygens (including phenoxy) is 1. The Morgan fingerprint density at radius 3 is 2.40 bits per heavy atom. The fourth-order valence-electron chi connectivity index (χ4n) is 1.07. The van der Waals surface area contributed by atoms with E-state index in [1.807, 2.05) is 27.7 Å². The number of hydrogen-bond donors (Lipinski definition) is 1. The summed E-state index contributed by atoms with van der Waals surface area (Å²) in [7, 11) is 1.74. The summed E-state index contributed by atoms with van der Waals surface area (Å²) in [6.45, 7) is 8.89. The highest BCUT2D eigenvalue weighted by Crippen LogP contribution is 2.17. The molecule has 0 heterocycles. The summed E-state index contributed by atoms with van der Waals surface area (Å²) in [5, 5.41) is 0. The first-order valence-electron chi connectivity index (χ1n) is 5.48. The van der Waals surface area contributed by atoms with Crippen molar-refractivity contribution in [3.63, 3.8) is 0 Å². The molecule has 0 aromatic rings. The minimum absolute atomic E-state index is 0.293. The van der Waals surface area contributed by atoms with Crippen LogP contribution < -0.4 is 5.73 Å². The summed E-state index contributed by atoms with van der Waals surface area (Å²) in [5.41, 5.74) is 5.35. The van der Waals surface area contributed by atoms with E-state index in [0.717, 1.165) is 6.42 Å². The van der Waals surface area contributed by atoms with Crippen LogP contribution in [0.3, 0.4) is 0 Å². The molecule has 0 radical (unpaired) electrons. The maximum Gasteiger partial charge on any atom is 0.410 e. The van der Waals surface area contributed by atoms with Gasteiger partial charge in [-0.15, -0.1) is 0 Å². The Bertz CT molecular complexity index is 201. The van der Waals surface area contributed by atoms with Crippen LogP contribution in [0.2, 0.25) is 0 Å². The smallest absolute Gasteiger partial charge is 0.410 e. The summed E-state index contributed by atoms with van der Waals surface area (Å²) >= 11 is 0. The van der Waals surface area contributed by atoms with E-state index < -0.39 is 0 Å². The molecule has 0 spiro atoms. The molecule has 0 bridgehead atoms. The SMILES string of the molecule is CCC(C)(CN)N(C)C(=O)OCC(C)C. The predicted molar refractivity (Wildman–Crippen MR) is 61.7 cm³/mol. The quantitative estimate of drug-likeness (QED) is 0.763. The van der Waals surface area contributed by atoms with Crippen molar-refractivity contribution in [2.75, 3.05) is 20.2 Å². The van der Waals surface area contributed by atoms with Crippen LogP contribution in [0.25, 0.3) is 0 Å². The maximum atomic E-state index is 11.7. The first-order chi connectivity index (χ1) is 6.87. The molecule has 1 amide bonds. The Labute approximate surface area is 92.8 Å². The van der Waals surface area contributed by atoms with Gasteiger partial charge in [0, 0.05) is 13.6 Å². The molecule has 15 heavy (non-hydrogen) atoms. The fourth-order valence-corrected chi connectivity index (χ4v) is 1.07. The number of nitrogens with two attached hydrogens (primary N) is 1. The first kappa shape index (κ1) is 14.2. The van der Waals surface area contributed by atoms with Gasteiger partial charge in [-0.25, -0.2) is 4.79 Å². The van der Waals surface area contributed by atoms with Crippen molar-refractivity contribution in [2.24, 2.45) is 11.7 Å². The van der Waals surface area contributed by atoms with E-state index in [1.165, 1.54) is 0 Å². The Morgan fingerprint density at radius 2 is 2.07 bits per heavy atom. The van der Waals surface area contributed by atoms with Crippen molar-refractivity contribution in [1.29, 1.82) is 0 Å². The molecule has 1 atom stereocenters. The van der Waals surface area contributed by atoms with Gasteiger partial charge in [-0.2, -0.15) is 0 Å². The maximum absolute atomic E-state index is 11.7. The van der Waals surface area contributed by atoms with Crippen molar-refractivity contribution < 1.29 is 9.53 Å². The van der Waals surface area contributed by atoms with Crippen molar-refractivity contribution in [1.82, 2.24) is 4.90 Å². The fraction of sp³-hybridized carbons (Fsp3) is 0.909. The van der Waals surface area contributed by atoms with E-state index in [2.05, 4.69) is 0 Å². The molecule has 0 saturated carbocycles. The predicted octanol–water partition coefficient (Wildman–Crippen LogP) is 1.84. The molecule has 0 aliphatic heterocycles. The lowest BCUT2D eigenvalue weighted by atomic mass is 9.98. The van der Waals surface area contributed by atoms with Gasteiger partial charge in [0.2, 0.25) is 0 Å². The minimum Gasteiger partial charge on any atom is -0.449 e. The van der Waals surface area contributed by atoms with Crippen molar-refractivity contribution >= 4 is 6.09 Å². The zero-order valence-electron chi connectivity index (χ0n) is 10.5. The molecule has 1 unspecified atom stereocenters. The highest BCUT2D eigenvalue weighted by Gasteiger charge is 2.30. The lowest BCUT2D eigenvalue weighted by Crippen LogP contribution is -2.52. The summed E-state index contributed by atoms with van der Waals surface area (Å²) in [6, 6.07) is 0. The molecule has 0 aliphatic rings. The average Bonchev–Trinajstić information content (AvgIpc) is 2.23. The number of hydrogen-bond acceptors (Lipinski definition) is 3. The molecule has 0 rings (SSSR count). The number of carbonyl (C=O) groups excluding carboxylic acids is 1. The molecule has 0 fully saturated rings. The summed E-state index contributed by atoms with van der Waals surface area (Å²) < 4.78 is 5.15. The molecule has 0 aliphatic carbocycles. The van der Waals surface area contributed by atoms with E-state index >= 15 is 0 Å². The van der Waals surface area contributed by atoms with Gasteiger partial charge in [-0.1, -0.05) is 20.8 Å².